The average Bonchev–Trinajstić information content (AvgIpc) is 2.98. The number of halogens is 1. The summed E-state index contributed by atoms with van der Waals surface area (Å²) in [5.41, 5.74) is 5.59. The summed E-state index contributed by atoms with van der Waals surface area (Å²) in [6, 6.07) is 7.45. The Morgan fingerprint density at radius 2 is 1.72 bits per heavy atom. The lowest BCUT2D eigenvalue weighted by molar-refractivity contribution is -0.122. The molecule has 98 valence electrons. The summed E-state index contributed by atoms with van der Waals surface area (Å²) in [5.74, 6) is -0.128. The maximum Gasteiger partial charge on any atom is 0.237 e. The number of nitrogens with two attached hydrogens (primary N) is 1. The van der Waals surface area contributed by atoms with Gasteiger partial charge in [-0.25, -0.2) is 0 Å². The van der Waals surface area contributed by atoms with Crippen molar-refractivity contribution in [1.29, 1.82) is 0 Å². The predicted octanol–water partition coefficient (Wildman–Crippen LogP) is 2.78. The van der Waals surface area contributed by atoms with E-state index in [1.54, 1.807) is 29.6 Å². The molecule has 0 aliphatic heterocycles. The SMILES string of the molecule is C[C@H](N)C(=O)NC(c1cccs1)c1cccs1.Cl. The Labute approximate surface area is 120 Å². The molecular weight excluding hydrogens is 288 g/mol. The monoisotopic (exact) mass is 302 g/mol. The van der Waals surface area contributed by atoms with Crippen molar-refractivity contribution in [2.75, 3.05) is 0 Å². The summed E-state index contributed by atoms with van der Waals surface area (Å²) in [6.07, 6.45) is 0. The molecule has 1 atom stereocenters. The Hall–Kier alpha value is -0.880. The van der Waals surface area contributed by atoms with Crippen LogP contribution in [-0.4, -0.2) is 11.9 Å². The predicted molar refractivity (Wildman–Crippen MR) is 79.5 cm³/mol. The van der Waals surface area contributed by atoms with E-state index in [2.05, 4.69) is 5.32 Å². The van der Waals surface area contributed by atoms with Gasteiger partial charge in [-0.05, 0) is 29.8 Å². The summed E-state index contributed by atoms with van der Waals surface area (Å²) in [7, 11) is 0. The molecule has 1 amide bonds. The number of carbonyl (C=O) groups excluding carboxylic acids is 1. The molecule has 0 saturated carbocycles. The Kier molecular flexibility index (Phi) is 5.81. The molecule has 2 aromatic rings. The Morgan fingerprint density at radius 1 is 1.22 bits per heavy atom. The molecule has 0 fully saturated rings. The fraction of sp³-hybridized carbons (Fsp3) is 0.250. The first-order valence-electron chi connectivity index (χ1n) is 5.31. The number of hydrogen-bond acceptors (Lipinski definition) is 4. The van der Waals surface area contributed by atoms with Gasteiger partial charge in [0.2, 0.25) is 5.91 Å². The first kappa shape index (κ1) is 15.2. The van der Waals surface area contributed by atoms with Gasteiger partial charge in [0.15, 0.2) is 0 Å². The minimum atomic E-state index is -0.488. The summed E-state index contributed by atoms with van der Waals surface area (Å²) >= 11 is 3.27. The third kappa shape index (κ3) is 3.55. The molecule has 2 rings (SSSR count). The van der Waals surface area contributed by atoms with Crippen molar-refractivity contribution in [2.45, 2.75) is 19.0 Å². The van der Waals surface area contributed by atoms with Gasteiger partial charge in [0.25, 0.3) is 0 Å². The van der Waals surface area contributed by atoms with Crippen molar-refractivity contribution >= 4 is 41.0 Å². The molecule has 0 spiro atoms. The lowest BCUT2D eigenvalue weighted by Gasteiger charge is -2.17. The molecule has 3 nitrogen and oxygen atoms in total. The number of rotatable bonds is 4. The van der Waals surface area contributed by atoms with E-state index in [1.165, 1.54) is 0 Å². The normalized spacial score (nSPS) is 11.9. The molecule has 6 heteroatoms. The molecule has 0 radical (unpaired) electrons. The van der Waals surface area contributed by atoms with E-state index < -0.39 is 6.04 Å². The molecule has 0 saturated heterocycles. The Morgan fingerprint density at radius 3 is 2.06 bits per heavy atom. The maximum atomic E-state index is 11.7. The number of carbonyl (C=O) groups is 1. The fourth-order valence-electron chi connectivity index (χ4n) is 1.47. The van der Waals surface area contributed by atoms with Crippen molar-refractivity contribution in [1.82, 2.24) is 5.32 Å². The third-order valence-electron chi connectivity index (χ3n) is 2.36. The lowest BCUT2D eigenvalue weighted by Crippen LogP contribution is -2.40. The van der Waals surface area contributed by atoms with Gasteiger partial charge in [0, 0.05) is 9.75 Å². The molecule has 2 aromatic heterocycles. The largest absolute Gasteiger partial charge is 0.342 e. The van der Waals surface area contributed by atoms with E-state index in [9.17, 15) is 4.79 Å². The van der Waals surface area contributed by atoms with Gasteiger partial charge in [0.1, 0.15) is 0 Å². The van der Waals surface area contributed by atoms with Crippen LogP contribution < -0.4 is 11.1 Å². The van der Waals surface area contributed by atoms with Crippen molar-refractivity contribution < 1.29 is 4.79 Å². The third-order valence-corrected chi connectivity index (χ3v) is 4.23. The first-order valence-corrected chi connectivity index (χ1v) is 7.07. The highest BCUT2D eigenvalue weighted by Crippen LogP contribution is 2.29. The number of amides is 1. The molecule has 0 bridgehead atoms. The van der Waals surface area contributed by atoms with Crippen molar-refractivity contribution in [3.05, 3.63) is 44.8 Å². The second-order valence-electron chi connectivity index (χ2n) is 3.76. The van der Waals surface area contributed by atoms with E-state index in [1.807, 2.05) is 35.0 Å². The van der Waals surface area contributed by atoms with Crippen LogP contribution in [0.1, 0.15) is 22.7 Å². The molecule has 0 aliphatic carbocycles. The van der Waals surface area contributed by atoms with Crippen LogP contribution in [0.5, 0.6) is 0 Å². The summed E-state index contributed by atoms with van der Waals surface area (Å²) < 4.78 is 0. The second kappa shape index (κ2) is 6.89. The minimum Gasteiger partial charge on any atom is -0.342 e. The van der Waals surface area contributed by atoms with Gasteiger partial charge < -0.3 is 11.1 Å². The van der Waals surface area contributed by atoms with Crippen molar-refractivity contribution in [2.24, 2.45) is 5.73 Å². The van der Waals surface area contributed by atoms with E-state index in [-0.39, 0.29) is 24.4 Å². The van der Waals surface area contributed by atoms with Crippen LogP contribution in [0, 0.1) is 0 Å². The van der Waals surface area contributed by atoms with Gasteiger partial charge >= 0.3 is 0 Å². The zero-order valence-corrected chi connectivity index (χ0v) is 12.3. The summed E-state index contributed by atoms with van der Waals surface area (Å²) in [5, 5.41) is 6.99. The van der Waals surface area contributed by atoms with Crippen LogP contribution in [0.25, 0.3) is 0 Å². The number of thiophene rings is 2. The standard InChI is InChI=1S/C12H14N2OS2.ClH/c1-8(13)12(15)14-11(9-4-2-6-16-9)10-5-3-7-17-10;/h2-8,11H,13H2,1H3,(H,14,15);1H/t8-;/m0./s1. The van der Waals surface area contributed by atoms with Crippen LogP contribution in [0.4, 0.5) is 0 Å². The van der Waals surface area contributed by atoms with E-state index in [0.717, 1.165) is 9.75 Å². The maximum absolute atomic E-state index is 11.7. The number of nitrogens with one attached hydrogen (secondary N) is 1. The van der Waals surface area contributed by atoms with Crippen molar-refractivity contribution in [3.63, 3.8) is 0 Å². The highest BCUT2D eigenvalue weighted by atomic mass is 35.5. The molecule has 2 heterocycles. The van der Waals surface area contributed by atoms with Crippen LogP contribution in [0.15, 0.2) is 35.0 Å². The van der Waals surface area contributed by atoms with Gasteiger partial charge in [-0.15, -0.1) is 35.1 Å². The molecular formula is C12H15ClN2OS2. The molecule has 3 N–H and O–H groups in total. The highest BCUT2D eigenvalue weighted by Gasteiger charge is 2.20. The Bertz CT molecular complexity index is 434. The van der Waals surface area contributed by atoms with Crippen LogP contribution in [0.2, 0.25) is 0 Å². The zero-order valence-electron chi connectivity index (χ0n) is 9.83. The van der Waals surface area contributed by atoms with Gasteiger partial charge in [-0.2, -0.15) is 0 Å². The molecule has 0 aliphatic rings. The minimum absolute atomic E-state index is 0. The van der Waals surface area contributed by atoms with E-state index in [0.29, 0.717) is 0 Å². The quantitative estimate of drug-likeness (QED) is 0.912. The summed E-state index contributed by atoms with van der Waals surface area (Å²) in [6.45, 7) is 1.69. The number of hydrogen-bond donors (Lipinski definition) is 2. The van der Waals surface area contributed by atoms with Crippen molar-refractivity contribution in [3.8, 4) is 0 Å². The average molecular weight is 303 g/mol. The van der Waals surface area contributed by atoms with Crippen LogP contribution >= 0.6 is 35.1 Å². The van der Waals surface area contributed by atoms with E-state index >= 15 is 0 Å². The molecule has 0 unspecified atom stereocenters. The topological polar surface area (TPSA) is 55.1 Å². The smallest absolute Gasteiger partial charge is 0.237 e. The van der Waals surface area contributed by atoms with Gasteiger partial charge in [-0.3, -0.25) is 4.79 Å². The molecule has 18 heavy (non-hydrogen) atoms. The second-order valence-corrected chi connectivity index (χ2v) is 5.72. The fourth-order valence-corrected chi connectivity index (χ4v) is 3.13. The Balaban J connectivity index is 0.00000162. The molecule has 0 aromatic carbocycles. The van der Waals surface area contributed by atoms with Gasteiger partial charge in [-0.1, -0.05) is 12.1 Å². The zero-order chi connectivity index (χ0) is 12.3. The summed E-state index contributed by atoms with van der Waals surface area (Å²) in [4.78, 5) is 14.0. The van der Waals surface area contributed by atoms with Crippen LogP contribution in [0.3, 0.4) is 0 Å². The van der Waals surface area contributed by atoms with E-state index in [4.69, 9.17) is 5.73 Å². The van der Waals surface area contributed by atoms with Gasteiger partial charge in [0.05, 0.1) is 12.1 Å². The van der Waals surface area contributed by atoms with Crippen LogP contribution in [-0.2, 0) is 4.79 Å². The lowest BCUT2D eigenvalue weighted by atomic mass is 10.2. The highest BCUT2D eigenvalue weighted by molar-refractivity contribution is 7.11. The first-order chi connectivity index (χ1) is 8.18.